The van der Waals surface area contributed by atoms with Crippen molar-refractivity contribution in [3.8, 4) is 0 Å². The Kier molecular flexibility index (Phi) is 60.9. The topological polar surface area (TPSA) is 63.6 Å². The normalized spacial score (nSPS) is 11.2. The molecule has 0 amide bonds. The molecular weight excluding hydrogens is 761 g/mol. The predicted molar refractivity (Wildman–Crippen MR) is 276 cm³/mol. The van der Waals surface area contributed by atoms with Crippen molar-refractivity contribution < 1.29 is 19.4 Å². The van der Waals surface area contributed by atoms with Crippen LogP contribution in [0.4, 0.5) is 0 Å². The molecule has 0 heterocycles. The molecule has 372 valence electrons. The van der Waals surface area contributed by atoms with Gasteiger partial charge in [0.05, 0.1) is 6.61 Å². The minimum atomic E-state index is -0.659. The van der Waals surface area contributed by atoms with Crippen molar-refractivity contribution in [2.45, 2.75) is 355 Å². The highest BCUT2D eigenvalue weighted by Gasteiger charge is 2.03. The van der Waals surface area contributed by atoms with Gasteiger partial charge < -0.3 is 9.84 Å². The Morgan fingerprint density at radius 3 is 0.645 bits per heavy atom. The van der Waals surface area contributed by atoms with Crippen LogP contribution in [0.2, 0.25) is 0 Å². The largest absolute Gasteiger partial charge is 0.481 e. The number of rotatable bonds is 53. The van der Waals surface area contributed by atoms with Gasteiger partial charge in [0.1, 0.15) is 0 Å². The number of carboxylic acid groups (broad SMARTS) is 1. The van der Waals surface area contributed by atoms with Crippen LogP contribution in [-0.2, 0) is 14.3 Å². The van der Waals surface area contributed by atoms with E-state index in [0.29, 0.717) is 19.4 Å². The number of carbonyl (C=O) groups is 2. The molecule has 4 nitrogen and oxygen atoms in total. The third-order valence-electron chi connectivity index (χ3n) is 13.2. The standard InChI is InChI=1S/C46H92O2.C12H24O2/c1-3-5-7-9-11-13-15-17-19-20-21-22-23-24-25-26-27-28-29-31-33-35-37-39-41-43-45-48-46(47)44-42-40-38-36-34-32-30-18-16-14-12-10-8-6-4-2;1-2-3-4-5-6-7-8-9-10-11-12(13)14/h3-45H2,1-2H3;2-11H2,1H3,(H,13,14). The average Bonchev–Trinajstić information content (AvgIpc) is 3.27. The molecule has 0 aromatic carbocycles. The van der Waals surface area contributed by atoms with Gasteiger partial charge in [0.25, 0.3) is 0 Å². The maximum absolute atomic E-state index is 12.0. The van der Waals surface area contributed by atoms with Crippen LogP contribution >= 0.6 is 0 Å². The SMILES string of the molecule is CCCCCCCCCCCC(=O)O.CCCCCCCCCCCCCCCCCCCCCCCCCCCCOC(=O)CCCCCCCCCCCCCCCCC. The molecule has 0 radical (unpaired) electrons. The zero-order chi connectivity index (χ0) is 45.3. The van der Waals surface area contributed by atoms with Crippen molar-refractivity contribution in [2.75, 3.05) is 6.61 Å². The molecule has 0 saturated heterocycles. The minimum Gasteiger partial charge on any atom is -0.481 e. The molecule has 0 unspecified atom stereocenters. The highest BCUT2D eigenvalue weighted by molar-refractivity contribution is 5.69. The summed E-state index contributed by atoms with van der Waals surface area (Å²) in [5.74, 6) is -0.628. The van der Waals surface area contributed by atoms with E-state index in [1.807, 2.05) is 0 Å². The molecule has 62 heavy (non-hydrogen) atoms. The number of esters is 1. The molecular formula is C58H116O4. The van der Waals surface area contributed by atoms with Crippen molar-refractivity contribution in [3.05, 3.63) is 0 Å². The second kappa shape index (κ2) is 59.9. The van der Waals surface area contributed by atoms with Crippen LogP contribution in [0.3, 0.4) is 0 Å². The van der Waals surface area contributed by atoms with Crippen molar-refractivity contribution in [1.29, 1.82) is 0 Å². The fourth-order valence-corrected chi connectivity index (χ4v) is 8.90. The highest BCUT2D eigenvalue weighted by atomic mass is 16.5. The Balaban J connectivity index is 0. The Labute approximate surface area is 391 Å². The van der Waals surface area contributed by atoms with E-state index in [0.717, 1.165) is 25.7 Å². The number of ether oxygens (including phenoxy) is 1. The van der Waals surface area contributed by atoms with Gasteiger partial charge >= 0.3 is 11.9 Å². The van der Waals surface area contributed by atoms with Crippen LogP contribution in [0.1, 0.15) is 355 Å². The van der Waals surface area contributed by atoms with E-state index in [1.165, 1.54) is 295 Å². The van der Waals surface area contributed by atoms with Gasteiger partial charge in [0, 0.05) is 12.8 Å². The second-order valence-electron chi connectivity index (χ2n) is 19.7. The first-order valence-electron chi connectivity index (χ1n) is 29.0. The number of hydrogen-bond acceptors (Lipinski definition) is 3. The Hall–Kier alpha value is -1.06. The highest BCUT2D eigenvalue weighted by Crippen LogP contribution is 2.18. The Bertz CT molecular complexity index is 811. The molecule has 0 aliphatic carbocycles. The summed E-state index contributed by atoms with van der Waals surface area (Å²) in [6.45, 7) is 7.46. The van der Waals surface area contributed by atoms with E-state index < -0.39 is 5.97 Å². The van der Waals surface area contributed by atoms with Crippen molar-refractivity contribution in [3.63, 3.8) is 0 Å². The number of hydrogen-bond donors (Lipinski definition) is 1. The summed E-state index contributed by atoms with van der Waals surface area (Å²) in [5, 5.41) is 8.41. The first-order valence-corrected chi connectivity index (χ1v) is 29.0. The minimum absolute atomic E-state index is 0.0317. The maximum atomic E-state index is 12.0. The smallest absolute Gasteiger partial charge is 0.305 e. The van der Waals surface area contributed by atoms with Gasteiger partial charge in [-0.1, -0.05) is 323 Å². The van der Waals surface area contributed by atoms with Gasteiger partial charge in [-0.3, -0.25) is 9.59 Å². The molecule has 0 aromatic rings. The summed E-state index contributed by atoms with van der Waals surface area (Å²) in [5.41, 5.74) is 0. The molecule has 0 spiro atoms. The van der Waals surface area contributed by atoms with Crippen molar-refractivity contribution in [1.82, 2.24) is 0 Å². The molecule has 0 fully saturated rings. The first kappa shape index (κ1) is 63.0. The predicted octanol–water partition coefficient (Wildman–Crippen LogP) is 20.9. The summed E-state index contributed by atoms with van der Waals surface area (Å²) in [6.07, 6.45) is 69.4. The average molecular weight is 878 g/mol. The van der Waals surface area contributed by atoms with Gasteiger partial charge in [-0.15, -0.1) is 0 Å². The lowest BCUT2D eigenvalue weighted by Crippen LogP contribution is -2.05. The molecule has 1 N–H and O–H groups in total. The zero-order valence-electron chi connectivity index (χ0n) is 43.1. The van der Waals surface area contributed by atoms with E-state index in [9.17, 15) is 9.59 Å². The second-order valence-corrected chi connectivity index (χ2v) is 19.7. The third-order valence-corrected chi connectivity index (χ3v) is 13.2. The van der Waals surface area contributed by atoms with Crippen LogP contribution in [0.5, 0.6) is 0 Å². The fraction of sp³-hybridized carbons (Fsp3) is 0.966. The lowest BCUT2D eigenvalue weighted by molar-refractivity contribution is -0.144. The third kappa shape index (κ3) is 63.2. The van der Waals surface area contributed by atoms with E-state index >= 15 is 0 Å². The van der Waals surface area contributed by atoms with Crippen molar-refractivity contribution in [2.24, 2.45) is 0 Å². The van der Waals surface area contributed by atoms with Crippen molar-refractivity contribution >= 4 is 11.9 Å². The van der Waals surface area contributed by atoms with E-state index in [1.54, 1.807) is 0 Å². The molecule has 0 saturated carbocycles. The van der Waals surface area contributed by atoms with Gasteiger partial charge in [-0.25, -0.2) is 0 Å². The van der Waals surface area contributed by atoms with Gasteiger partial charge in [0.2, 0.25) is 0 Å². The lowest BCUT2D eigenvalue weighted by atomic mass is 10.0. The van der Waals surface area contributed by atoms with Crippen LogP contribution in [0.25, 0.3) is 0 Å². The van der Waals surface area contributed by atoms with Crippen LogP contribution in [0.15, 0.2) is 0 Å². The molecule has 0 atom stereocenters. The molecule has 0 bridgehead atoms. The Morgan fingerprint density at radius 1 is 0.258 bits per heavy atom. The molecule has 4 heteroatoms. The molecule has 0 aliphatic rings. The summed E-state index contributed by atoms with van der Waals surface area (Å²) in [6, 6.07) is 0. The van der Waals surface area contributed by atoms with E-state index in [4.69, 9.17) is 9.84 Å². The summed E-state index contributed by atoms with van der Waals surface area (Å²) in [4.78, 5) is 22.2. The number of aliphatic carboxylic acids is 1. The number of carboxylic acids is 1. The molecule has 0 aliphatic heterocycles. The maximum Gasteiger partial charge on any atom is 0.305 e. The fourth-order valence-electron chi connectivity index (χ4n) is 8.90. The molecule has 0 rings (SSSR count). The quantitative estimate of drug-likeness (QED) is 0.0488. The summed E-state index contributed by atoms with van der Waals surface area (Å²) in [7, 11) is 0. The zero-order valence-corrected chi connectivity index (χ0v) is 43.1. The van der Waals surface area contributed by atoms with E-state index in [-0.39, 0.29) is 5.97 Å². The number of carbonyl (C=O) groups excluding carboxylic acids is 1. The number of unbranched alkanes of at least 4 members (excludes halogenated alkanes) is 47. The van der Waals surface area contributed by atoms with E-state index in [2.05, 4.69) is 20.8 Å². The van der Waals surface area contributed by atoms with Crippen LogP contribution in [-0.4, -0.2) is 23.7 Å². The van der Waals surface area contributed by atoms with Gasteiger partial charge in [-0.2, -0.15) is 0 Å². The summed E-state index contributed by atoms with van der Waals surface area (Å²) >= 11 is 0. The first-order chi connectivity index (χ1) is 30.6. The van der Waals surface area contributed by atoms with Gasteiger partial charge in [0.15, 0.2) is 0 Å². The van der Waals surface area contributed by atoms with Crippen LogP contribution < -0.4 is 0 Å². The van der Waals surface area contributed by atoms with Gasteiger partial charge in [-0.05, 0) is 19.3 Å². The summed E-state index contributed by atoms with van der Waals surface area (Å²) < 4.78 is 5.48. The van der Waals surface area contributed by atoms with Crippen LogP contribution in [0, 0.1) is 0 Å². The monoisotopic (exact) mass is 877 g/mol. The lowest BCUT2D eigenvalue weighted by Gasteiger charge is -2.06. The Morgan fingerprint density at radius 2 is 0.435 bits per heavy atom. The molecule has 0 aromatic heterocycles.